The minimum Gasteiger partial charge on any atom is -0.395 e. The van der Waals surface area contributed by atoms with Crippen molar-refractivity contribution in [1.82, 2.24) is 10.2 Å². The van der Waals surface area contributed by atoms with Crippen LogP contribution in [-0.2, 0) is 29.1 Å². The Hall–Kier alpha value is -3.22. The van der Waals surface area contributed by atoms with E-state index in [1.807, 2.05) is 4.90 Å². The number of nitrogens with zero attached hydrogens (tertiary/aromatic N) is 3. The van der Waals surface area contributed by atoms with Crippen LogP contribution in [0.1, 0.15) is 46.5 Å². The standard InChI is InChI=1S/C31H31F7N4O2S.ClH/c1-17-9-21(32)5-6-23(17)27-26(24(13-39)25(45-27)15-42-8-7-40-14-22(42)16-43)41(4)28(44)29(2,3)18-10-19(30(33,34)35)12-20(11-18)31(36,37)38;/h5-6,9-12,22,40,43H,7-8,14-16H2,1-4H3;1H. The first-order valence-corrected chi connectivity index (χ1v) is 14.7. The van der Waals surface area contributed by atoms with E-state index < -0.39 is 46.2 Å². The Kier molecular flexibility index (Phi) is 11.2. The van der Waals surface area contributed by atoms with Crippen LogP contribution in [-0.4, -0.2) is 55.2 Å². The SMILES string of the molecule is Cc1cc(F)ccc1-c1sc(CN2CCNCC2CO)c(C#N)c1N(C)C(=O)C(C)(C)c1cc(C(F)(F)F)cc(C(F)(F)F)c1.Cl. The molecule has 1 aliphatic heterocycles. The Morgan fingerprint density at radius 1 is 1.09 bits per heavy atom. The van der Waals surface area contributed by atoms with E-state index in [0.717, 1.165) is 4.90 Å². The van der Waals surface area contributed by atoms with Crippen molar-refractivity contribution in [3.8, 4) is 16.5 Å². The molecule has 2 heterocycles. The summed E-state index contributed by atoms with van der Waals surface area (Å²) in [6, 6.07) is 6.89. The number of carbonyl (C=O) groups excluding carboxylic acids is 1. The minimum atomic E-state index is -5.11. The highest BCUT2D eigenvalue weighted by atomic mass is 35.5. The fourth-order valence-corrected chi connectivity index (χ4v) is 6.81. The number of alkyl halides is 6. The summed E-state index contributed by atoms with van der Waals surface area (Å²) in [6.45, 7) is 5.83. The average Bonchev–Trinajstić information content (AvgIpc) is 3.33. The number of nitrogens with one attached hydrogen (secondary N) is 1. The number of piperazine rings is 1. The monoisotopic (exact) mass is 692 g/mol. The molecule has 1 saturated heterocycles. The molecular formula is C31H32ClF7N4O2S. The van der Waals surface area contributed by atoms with Gasteiger partial charge in [0.2, 0.25) is 5.91 Å². The Balaban J connectivity index is 0.00000576. The third-order valence-corrected chi connectivity index (χ3v) is 9.21. The fraction of sp³-hybridized carbons (Fsp3) is 0.419. The van der Waals surface area contributed by atoms with Crippen LogP contribution < -0.4 is 10.2 Å². The quantitative estimate of drug-likeness (QED) is 0.264. The van der Waals surface area contributed by atoms with Gasteiger partial charge < -0.3 is 15.3 Å². The van der Waals surface area contributed by atoms with Gasteiger partial charge in [-0.05, 0) is 67.8 Å². The summed E-state index contributed by atoms with van der Waals surface area (Å²) >= 11 is 1.17. The zero-order chi connectivity index (χ0) is 33.5. The van der Waals surface area contributed by atoms with Gasteiger partial charge in [-0.1, -0.05) is 6.07 Å². The van der Waals surface area contributed by atoms with E-state index in [0.29, 0.717) is 52.6 Å². The highest BCUT2D eigenvalue weighted by Gasteiger charge is 2.42. The highest BCUT2D eigenvalue weighted by molar-refractivity contribution is 7.16. The molecule has 3 aromatic rings. The number of aliphatic hydroxyl groups is 1. The number of halogens is 8. The number of hydrogen-bond acceptors (Lipinski definition) is 6. The van der Waals surface area contributed by atoms with E-state index in [9.17, 15) is 45.9 Å². The molecule has 2 aromatic carbocycles. The smallest absolute Gasteiger partial charge is 0.395 e. The second-order valence-corrected chi connectivity index (χ2v) is 12.5. The van der Waals surface area contributed by atoms with Crippen molar-refractivity contribution in [2.24, 2.45) is 0 Å². The molecular weight excluding hydrogens is 661 g/mol. The van der Waals surface area contributed by atoms with Crippen molar-refractivity contribution in [3.63, 3.8) is 0 Å². The molecule has 1 fully saturated rings. The second-order valence-electron chi connectivity index (χ2n) is 11.4. The van der Waals surface area contributed by atoms with Gasteiger partial charge in [-0.3, -0.25) is 9.69 Å². The van der Waals surface area contributed by atoms with Gasteiger partial charge in [0.1, 0.15) is 11.9 Å². The molecule has 0 spiro atoms. The number of hydrogen-bond donors (Lipinski definition) is 2. The number of amides is 1. The van der Waals surface area contributed by atoms with Crippen LogP contribution in [0.3, 0.4) is 0 Å². The van der Waals surface area contributed by atoms with Gasteiger partial charge >= 0.3 is 12.4 Å². The van der Waals surface area contributed by atoms with Gasteiger partial charge in [-0.2, -0.15) is 31.6 Å². The highest BCUT2D eigenvalue weighted by Crippen LogP contribution is 2.46. The summed E-state index contributed by atoms with van der Waals surface area (Å²) in [7, 11) is 1.30. The number of aliphatic hydroxyl groups excluding tert-OH is 1. The lowest BCUT2D eigenvalue weighted by molar-refractivity contribution is -0.143. The van der Waals surface area contributed by atoms with Crippen LogP contribution >= 0.6 is 23.7 Å². The van der Waals surface area contributed by atoms with Crippen molar-refractivity contribution in [1.29, 1.82) is 5.26 Å². The summed E-state index contributed by atoms with van der Waals surface area (Å²) in [5.74, 6) is -1.38. The van der Waals surface area contributed by atoms with E-state index in [1.165, 1.54) is 50.4 Å². The van der Waals surface area contributed by atoms with Crippen molar-refractivity contribution in [3.05, 3.63) is 74.9 Å². The minimum absolute atomic E-state index is 0. The number of nitriles is 1. The van der Waals surface area contributed by atoms with Crippen LogP contribution in [0.2, 0.25) is 0 Å². The Morgan fingerprint density at radius 2 is 1.67 bits per heavy atom. The van der Waals surface area contributed by atoms with Crippen molar-refractivity contribution >= 4 is 35.3 Å². The van der Waals surface area contributed by atoms with Crippen LogP contribution in [0.4, 0.5) is 36.4 Å². The molecule has 1 aromatic heterocycles. The van der Waals surface area contributed by atoms with E-state index in [1.54, 1.807) is 6.92 Å². The lowest BCUT2D eigenvalue weighted by atomic mass is 9.81. The molecule has 6 nitrogen and oxygen atoms in total. The van der Waals surface area contributed by atoms with Gasteiger partial charge in [0.25, 0.3) is 0 Å². The molecule has 46 heavy (non-hydrogen) atoms. The second kappa shape index (κ2) is 13.9. The first kappa shape index (κ1) is 37.2. The zero-order valence-electron chi connectivity index (χ0n) is 25.2. The molecule has 2 N–H and O–H groups in total. The van der Waals surface area contributed by atoms with E-state index in [4.69, 9.17) is 0 Å². The number of rotatable bonds is 7. The van der Waals surface area contributed by atoms with E-state index in [2.05, 4.69) is 11.4 Å². The maximum absolute atomic E-state index is 14.1. The molecule has 0 bridgehead atoms. The Labute approximate surface area is 271 Å². The van der Waals surface area contributed by atoms with Crippen LogP contribution in [0.5, 0.6) is 0 Å². The van der Waals surface area contributed by atoms with Crippen molar-refractivity contribution in [2.45, 2.75) is 51.1 Å². The third-order valence-electron chi connectivity index (χ3n) is 8.01. The number of aryl methyl sites for hydroxylation is 1. The number of benzene rings is 2. The first-order valence-electron chi connectivity index (χ1n) is 13.9. The topological polar surface area (TPSA) is 79.6 Å². The predicted molar refractivity (Wildman–Crippen MR) is 163 cm³/mol. The number of anilines is 1. The zero-order valence-corrected chi connectivity index (χ0v) is 26.9. The number of thiophene rings is 1. The molecule has 1 atom stereocenters. The maximum atomic E-state index is 14.1. The largest absolute Gasteiger partial charge is 0.416 e. The Bertz CT molecular complexity index is 1600. The van der Waals surface area contributed by atoms with Crippen molar-refractivity contribution < 1.29 is 40.6 Å². The number of carbonyl (C=O) groups is 1. The third kappa shape index (κ3) is 7.50. The molecule has 0 radical (unpaired) electrons. The molecule has 1 unspecified atom stereocenters. The molecule has 4 rings (SSSR count). The molecule has 0 saturated carbocycles. The summed E-state index contributed by atoms with van der Waals surface area (Å²) in [6.07, 6.45) is -10.2. The van der Waals surface area contributed by atoms with Gasteiger partial charge in [-0.25, -0.2) is 4.39 Å². The normalized spacial score (nSPS) is 16.1. The summed E-state index contributed by atoms with van der Waals surface area (Å²) < 4.78 is 96.0. The van der Waals surface area contributed by atoms with Crippen LogP contribution in [0.15, 0.2) is 36.4 Å². The van der Waals surface area contributed by atoms with E-state index >= 15 is 0 Å². The molecule has 1 amide bonds. The lowest BCUT2D eigenvalue weighted by Gasteiger charge is -2.34. The summed E-state index contributed by atoms with van der Waals surface area (Å²) in [4.78, 5) is 18.1. The average molecular weight is 693 g/mol. The number of likely N-dealkylation sites (N-methyl/N-ethyl adjacent to an activating group) is 1. The Morgan fingerprint density at radius 3 is 2.20 bits per heavy atom. The first-order chi connectivity index (χ1) is 20.9. The van der Waals surface area contributed by atoms with Crippen LogP contribution in [0, 0.1) is 24.1 Å². The fourth-order valence-electron chi connectivity index (χ4n) is 5.41. The predicted octanol–water partition coefficient (Wildman–Crippen LogP) is 6.90. The molecule has 15 heteroatoms. The summed E-state index contributed by atoms with van der Waals surface area (Å²) in [5.41, 5.74) is -4.37. The lowest BCUT2D eigenvalue weighted by Crippen LogP contribution is -2.52. The van der Waals surface area contributed by atoms with E-state index in [-0.39, 0.29) is 48.9 Å². The molecule has 1 aliphatic rings. The van der Waals surface area contributed by atoms with Gasteiger partial charge in [0.05, 0.1) is 39.3 Å². The van der Waals surface area contributed by atoms with Crippen LogP contribution in [0.25, 0.3) is 10.4 Å². The van der Waals surface area contributed by atoms with Gasteiger partial charge in [0.15, 0.2) is 0 Å². The maximum Gasteiger partial charge on any atom is 0.416 e. The van der Waals surface area contributed by atoms with Gasteiger partial charge in [0, 0.05) is 44.1 Å². The summed E-state index contributed by atoms with van der Waals surface area (Å²) in [5, 5.41) is 23.4. The van der Waals surface area contributed by atoms with Crippen molar-refractivity contribution in [2.75, 3.05) is 38.2 Å². The van der Waals surface area contributed by atoms with Gasteiger partial charge in [-0.15, -0.1) is 23.7 Å². The molecule has 250 valence electrons. The molecule has 0 aliphatic carbocycles.